The molecule has 0 spiro atoms. The maximum absolute atomic E-state index is 12.8. The fourth-order valence-electron chi connectivity index (χ4n) is 3.79. The van der Waals surface area contributed by atoms with E-state index in [-0.39, 0.29) is 17.7 Å². The van der Waals surface area contributed by atoms with Crippen molar-refractivity contribution in [3.63, 3.8) is 0 Å². The lowest BCUT2D eigenvalue weighted by molar-refractivity contribution is -0.138. The van der Waals surface area contributed by atoms with Crippen molar-refractivity contribution in [2.45, 2.75) is 32.6 Å². The molecule has 0 N–H and O–H groups in total. The zero-order chi connectivity index (χ0) is 17.1. The Bertz CT molecular complexity index is 602. The number of rotatable bonds is 2. The topological polar surface area (TPSA) is 40.6 Å². The third-order valence-corrected chi connectivity index (χ3v) is 5.37. The first-order chi connectivity index (χ1) is 11.5. The number of hydrogen-bond donors (Lipinski definition) is 0. The second-order valence-corrected chi connectivity index (χ2v) is 7.57. The van der Waals surface area contributed by atoms with E-state index in [9.17, 15) is 9.59 Å². The Morgan fingerprint density at radius 1 is 1.00 bits per heavy atom. The molecule has 2 unspecified atom stereocenters. The standard InChI is InChI=1S/C19H25ClN2O2/c1-14-4-2-10-21(12-14)19(24)16-5-3-11-22(13-16)18(23)15-6-8-17(20)9-7-15/h6-9,14,16H,2-5,10-13H2,1H3. The number of nitrogens with zero attached hydrogens (tertiary/aromatic N) is 2. The SMILES string of the molecule is CC1CCCN(C(=O)C2CCCN(C(=O)c3ccc(Cl)cc3)C2)C1. The molecule has 0 radical (unpaired) electrons. The van der Waals surface area contributed by atoms with Crippen LogP contribution < -0.4 is 0 Å². The van der Waals surface area contributed by atoms with Gasteiger partial charge in [-0.2, -0.15) is 0 Å². The zero-order valence-electron chi connectivity index (χ0n) is 14.2. The molecule has 2 aliphatic heterocycles. The molecule has 3 rings (SSSR count). The highest BCUT2D eigenvalue weighted by Crippen LogP contribution is 2.24. The highest BCUT2D eigenvalue weighted by molar-refractivity contribution is 6.30. The van der Waals surface area contributed by atoms with Crippen LogP contribution >= 0.6 is 11.6 Å². The van der Waals surface area contributed by atoms with Crippen LogP contribution in [0.3, 0.4) is 0 Å². The molecule has 2 aliphatic rings. The van der Waals surface area contributed by atoms with Crippen molar-refractivity contribution in [3.05, 3.63) is 34.9 Å². The van der Waals surface area contributed by atoms with E-state index in [0.717, 1.165) is 38.9 Å². The van der Waals surface area contributed by atoms with E-state index in [1.54, 1.807) is 24.3 Å². The van der Waals surface area contributed by atoms with Gasteiger partial charge in [-0.3, -0.25) is 9.59 Å². The smallest absolute Gasteiger partial charge is 0.253 e. The minimum Gasteiger partial charge on any atom is -0.342 e. The fraction of sp³-hybridized carbons (Fsp3) is 0.579. The van der Waals surface area contributed by atoms with Gasteiger partial charge in [0.2, 0.25) is 5.91 Å². The van der Waals surface area contributed by atoms with Crippen molar-refractivity contribution in [2.75, 3.05) is 26.2 Å². The average molecular weight is 349 g/mol. The Morgan fingerprint density at radius 3 is 2.38 bits per heavy atom. The fourth-order valence-corrected chi connectivity index (χ4v) is 3.91. The Hall–Kier alpha value is -1.55. The minimum atomic E-state index is -0.0553. The molecule has 2 saturated heterocycles. The molecular weight excluding hydrogens is 324 g/mol. The second kappa shape index (κ2) is 7.56. The summed E-state index contributed by atoms with van der Waals surface area (Å²) in [7, 11) is 0. The molecule has 2 amide bonds. The van der Waals surface area contributed by atoms with Gasteiger partial charge in [-0.15, -0.1) is 0 Å². The predicted molar refractivity (Wildman–Crippen MR) is 95.1 cm³/mol. The number of benzene rings is 1. The van der Waals surface area contributed by atoms with Crippen molar-refractivity contribution in [2.24, 2.45) is 11.8 Å². The normalized spacial score (nSPS) is 24.8. The van der Waals surface area contributed by atoms with Crippen LogP contribution in [0.25, 0.3) is 0 Å². The van der Waals surface area contributed by atoms with E-state index in [1.165, 1.54) is 6.42 Å². The maximum atomic E-state index is 12.8. The first-order valence-corrected chi connectivity index (χ1v) is 9.26. The molecule has 0 aliphatic carbocycles. The van der Waals surface area contributed by atoms with E-state index in [0.29, 0.717) is 23.0 Å². The number of halogens is 1. The van der Waals surface area contributed by atoms with E-state index in [4.69, 9.17) is 11.6 Å². The molecule has 1 aromatic rings. The van der Waals surface area contributed by atoms with E-state index < -0.39 is 0 Å². The number of carbonyl (C=O) groups excluding carboxylic acids is 2. The molecule has 2 atom stereocenters. The summed E-state index contributed by atoms with van der Waals surface area (Å²) in [6.07, 6.45) is 4.07. The van der Waals surface area contributed by atoms with Gasteiger partial charge in [0.05, 0.1) is 5.92 Å². The summed E-state index contributed by atoms with van der Waals surface area (Å²) in [5.74, 6) is 0.754. The Balaban J connectivity index is 1.64. The van der Waals surface area contributed by atoms with Crippen LogP contribution in [0.1, 0.15) is 43.0 Å². The van der Waals surface area contributed by atoms with E-state index in [1.807, 2.05) is 9.80 Å². The van der Waals surface area contributed by atoms with Crippen molar-refractivity contribution < 1.29 is 9.59 Å². The van der Waals surface area contributed by atoms with Crippen LogP contribution in [0.2, 0.25) is 5.02 Å². The lowest BCUT2D eigenvalue weighted by Gasteiger charge is -2.37. The second-order valence-electron chi connectivity index (χ2n) is 7.13. The highest BCUT2D eigenvalue weighted by Gasteiger charge is 2.32. The number of carbonyl (C=O) groups is 2. The molecule has 130 valence electrons. The lowest BCUT2D eigenvalue weighted by Crippen LogP contribution is -2.48. The van der Waals surface area contributed by atoms with Crippen molar-refractivity contribution in [3.8, 4) is 0 Å². The summed E-state index contributed by atoms with van der Waals surface area (Å²) in [5, 5.41) is 0.623. The van der Waals surface area contributed by atoms with Crippen LogP contribution in [-0.2, 0) is 4.79 Å². The molecule has 4 nitrogen and oxygen atoms in total. The molecule has 5 heteroatoms. The average Bonchev–Trinajstić information content (AvgIpc) is 2.61. The summed E-state index contributed by atoms with van der Waals surface area (Å²) in [6, 6.07) is 6.97. The summed E-state index contributed by atoms with van der Waals surface area (Å²) >= 11 is 5.89. The number of hydrogen-bond acceptors (Lipinski definition) is 2. The monoisotopic (exact) mass is 348 g/mol. The summed E-state index contributed by atoms with van der Waals surface area (Å²) in [6.45, 7) is 5.19. The molecule has 24 heavy (non-hydrogen) atoms. The van der Waals surface area contributed by atoms with Gasteiger partial charge in [0, 0.05) is 36.8 Å². The molecule has 2 heterocycles. The number of likely N-dealkylation sites (tertiary alicyclic amines) is 2. The molecule has 0 bridgehead atoms. The Morgan fingerprint density at radius 2 is 1.67 bits per heavy atom. The van der Waals surface area contributed by atoms with Crippen LogP contribution in [0.5, 0.6) is 0 Å². The molecular formula is C19H25ClN2O2. The molecule has 2 fully saturated rings. The van der Waals surface area contributed by atoms with Gasteiger partial charge in [0.25, 0.3) is 5.91 Å². The maximum Gasteiger partial charge on any atom is 0.253 e. The quantitative estimate of drug-likeness (QED) is 0.821. The first-order valence-electron chi connectivity index (χ1n) is 8.88. The summed E-state index contributed by atoms with van der Waals surface area (Å²) in [4.78, 5) is 29.3. The Labute approximate surface area is 148 Å². The zero-order valence-corrected chi connectivity index (χ0v) is 15.0. The van der Waals surface area contributed by atoms with Crippen molar-refractivity contribution in [1.82, 2.24) is 9.80 Å². The third-order valence-electron chi connectivity index (χ3n) is 5.12. The molecule has 0 aromatic heterocycles. The van der Waals surface area contributed by atoms with Gasteiger partial charge in [-0.1, -0.05) is 18.5 Å². The third kappa shape index (κ3) is 3.92. The Kier molecular flexibility index (Phi) is 5.44. The van der Waals surface area contributed by atoms with Crippen LogP contribution in [0.15, 0.2) is 24.3 Å². The van der Waals surface area contributed by atoms with Crippen LogP contribution in [0.4, 0.5) is 0 Å². The summed E-state index contributed by atoms with van der Waals surface area (Å²) in [5.41, 5.74) is 0.638. The number of piperidine rings is 2. The molecule has 0 saturated carbocycles. The van der Waals surface area contributed by atoms with Crippen molar-refractivity contribution >= 4 is 23.4 Å². The summed E-state index contributed by atoms with van der Waals surface area (Å²) < 4.78 is 0. The van der Waals surface area contributed by atoms with Gasteiger partial charge in [-0.05, 0) is 55.9 Å². The lowest BCUT2D eigenvalue weighted by atomic mass is 9.93. The predicted octanol–water partition coefficient (Wildman–Crippen LogP) is 3.45. The van der Waals surface area contributed by atoms with Gasteiger partial charge < -0.3 is 9.80 Å². The van der Waals surface area contributed by atoms with E-state index >= 15 is 0 Å². The largest absolute Gasteiger partial charge is 0.342 e. The molecule has 1 aromatic carbocycles. The van der Waals surface area contributed by atoms with Gasteiger partial charge in [-0.25, -0.2) is 0 Å². The van der Waals surface area contributed by atoms with Crippen LogP contribution in [-0.4, -0.2) is 47.8 Å². The first kappa shape index (κ1) is 17.3. The van der Waals surface area contributed by atoms with Crippen molar-refractivity contribution in [1.29, 1.82) is 0 Å². The highest BCUT2D eigenvalue weighted by atomic mass is 35.5. The number of amides is 2. The van der Waals surface area contributed by atoms with E-state index in [2.05, 4.69) is 6.92 Å². The van der Waals surface area contributed by atoms with Crippen LogP contribution in [0, 0.1) is 11.8 Å². The minimum absolute atomic E-state index is 0.00354. The van der Waals surface area contributed by atoms with Gasteiger partial charge in [0.15, 0.2) is 0 Å². The van der Waals surface area contributed by atoms with Gasteiger partial charge >= 0.3 is 0 Å². The van der Waals surface area contributed by atoms with Gasteiger partial charge in [0.1, 0.15) is 0 Å².